The molecule has 0 aliphatic carbocycles. The third-order valence-corrected chi connectivity index (χ3v) is 1.75. The molecule has 5 N–H and O–H groups in total. The molecule has 0 rings (SSSR count). The summed E-state index contributed by atoms with van der Waals surface area (Å²) >= 11 is 0. The monoisotopic (exact) mass is 191 g/mol. The molecule has 0 amide bonds. The first-order valence-electron chi connectivity index (χ1n) is 4.70. The summed E-state index contributed by atoms with van der Waals surface area (Å²) in [7, 11) is 0. The Kier molecular flexibility index (Phi) is 9.73. The topological polar surface area (TPSA) is 81.8 Å². The maximum Gasteiger partial charge on any atom is 0.0558 e. The second-order valence-corrected chi connectivity index (χ2v) is 2.83. The first-order valence-corrected chi connectivity index (χ1v) is 4.70. The summed E-state index contributed by atoms with van der Waals surface area (Å²) < 4.78 is 0. The van der Waals surface area contributed by atoms with E-state index >= 15 is 0 Å². The smallest absolute Gasteiger partial charge is 0.0558 e. The van der Waals surface area contributed by atoms with Gasteiger partial charge in [0.25, 0.3) is 0 Å². The Balaban J connectivity index is 3.33. The van der Waals surface area contributed by atoms with Crippen molar-refractivity contribution in [3.8, 4) is 0 Å². The van der Waals surface area contributed by atoms with E-state index in [-0.39, 0.29) is 13.2 Å². The lowest BCUT2D eigenvalue weighted by molar-refractivity contribution is 0.198. The van der Waals surface area contributed by atoms with Gasteiger partial charge in [-0.2, -0.15) is 0 Å². The normalized spacial score (nSPS) is 11.1. The predicted molar refractivity (Wildman–Crippen MR) is 52.5 cm³/mol. The highest BCUT2D eigenvalue weighted by atomic mass is 16.3. The maximum atomic E-state index is 8.72. The Hall–Kier alpha value is -0.200. The molecule has 0 atom stereocenters. The first-order chi connectivity index (χ1) is 6.35. The molecule has 0 radical (unpaired) electrons. The van der Waals surface area contributed by atoms with Gasteiger partial charge in [0.05, 0.1) is 13.2 Å². The van der Waals surface area contributed by atoms with Crippen molar-refractivity contribution in [1.29, 1.82) is 0 Å². The van der Waals surface area contributed by atoms with E-state index in [0.717, 1.165) is 19.6 Å². The van der Waals surface area contributed by atoms with Crippen molar-refractivity contribution in [1.82, 2.24) is 10.2 Å². The fourth-order valence-corrected chi connectivity index (χ4v) is 1.10. The van der Waals surface area contributed by atoms with Gasteiger partial charge in [-0.25, -0.2) is 0 Å². The van der Waals surface area contributed by atoms with Crippen LogP contribution in [0.25, 0.3) is 0 Å². The second-order valence-electron chi connectivity index (χ2n) is 2.83. The number of aliphatic hydroxyl groups is 2. The first kappa shape index (κ1) is 12.8. The molecule has 80 valence electrons. The molecular weight excluding hydrogens is 170 g/mol. The van der Waals surface area contributed by atoms with Crippen molar-refractivity contribution in [2.24, 2.45) is 5.73 Å². The number of aliphatic hydroxyl groups excluding tert-OH is 2. The SMILES string of the molecule is NCCN(CCO)CCNCCO. The van der Waals surface area contributed by atoms with Gasteiger partial charge in [-0.3, -0.25) is 4.90 Å². The van der Waals surface area contributed by atoms with E-state index in [0.29, 0.717) is 19.6 Å². The highest BCUT2D eigenvalue weighted by Gasteiger charge is 2.01. The zero-order valence-electron chi connectivity index (χ0n) is 8.08. The van der Waals surface area contributed by atoms with Crippen LogP contribution < -0.4 is 11.1 Å². The zero-order chi connectivity index (χ0) is 9.94. The van der Waals surface area contributed by atoms with Gasteiger partial charge in [0.1, 0.15) is 0 Å². The van der Waals surface area contributed by atoms with Gasteiger partial charge in [-0.15, -0.1) is 0 Å². The molecule has 0 heterocycles. The van der Waals surface area contributed by atoms with Crippen LogP contribution in [0.15, 0.2) is 0 Å². The average molecular weight is 191 g/mol. The molecule has 13 heavy (non-hydrogen) atoms. The van der Waals surface area contributed by atoms with Crippen LogP contribution in [0.2, 0.25) is 0 Å². The number of rotatable bonds is 9. The summed E-state index contributed by atoms with van der Waals surface area (Å²) in [5.41, 5.74) is 5.41. The quantitative estimate of drug-likeness (QED) is 0.312. The largest absolute Gasteiger partial charge is 0.395 e. The maximum absolute atomic E-state index is 8.72. The molecule has 0 spiro atoms. The lowest BCUT2D eigenvalue weighted by atomic mass is 10.4. The Labute approximate surface area is 79.5 Å². The highest BCUT2D eigenvalue weighted by molar-refractivity contribution is 4.59. The molecule has 0 unspecified atom stereocenters. The van der Waals surface area contributed by atoms with Crippen LogP contribution in [-0.4, -0.2) is 67.6 Å². The second kappa shape index (κ2) is 9.88. The number of nitrogens with zero attached hydrogens (tertiary/aromatic N) is 1. The summed E-state index contributed by atoms with van der Waals surface area (Å²) in [5, 5.41) is 20.3. The highest BCUT2D eigenvalue weighted by Crippen LogP contribution is 1.84. The Morgan fingerprint density at radius 3 is 2.31 bits per heavy atom. The Morgan fingerprint density at radius 2 is 1.77 bits per heavy atom. The molecule has 0 fully saturated rings. The van der Waals surface area contributed by atoms with Crippen LogP contribution in [0.3, 0.4) is 0 Å². The van der Waals surface area contributed by atoms with Crippen molar-refractivity contribution in [2.75, 3.05) is 52.5 Å². The van der Waals surface area contributed by atoms with E-state index in [1.165, 1.54) is 0 Å². The van der Waals surface area contributed by atoms with Gasteiger partial charge in [0.15, 0.2) is 0 Å². The minimum Gasteiger partial charge on any atom is -0.395 e. The van der Waals surface area contributed by atoms with Crippen molar-refractivity contribution >= 4 is 0 Å². The van der Waals surface area contributed by atoms with Gasteiger partial charge in [0.2, 0.25) is 0 Å². The van der Waals surface area contributed by atoms with E-state index in [1.807, 2.05) is 0 Å². The van der Waals surface area contributed by atoms with E-state index in [9.17, 15) is 0 Å². The van der Waals surface area contributed by atoms with Crippen molar-refractivity contribution < 1.29 is 10.2 Å². The summed E-state index contributed by atoms with van der Waals surface area (Å²) in [5.74, 6) is 0. The Morgan fingerprint density at radius 1 is 1.00 bits per heavy atom. The minimum absolute atomic E-state index is 0.164. The molecule has 0 aliphatic heterocycles. The average Bonchev–Trinajstić information content (AvgIpc) is 2.13. The summed E-state index contributed by atoms with van der Waals surface area (Å²) in [6.07, 6.45) is 0. The number of nitrogens with two attached hydrogens (primary N) is 1. The molecule has 5 heteroatoms. The summed E-state index contributed by atoms with van der Waals surface area (Å²) in [6, 6.07) is 0. The molecule has 0 saturated heterocycles. The van der Waals surface area contributed by atoms with Crippen LogP contribution in [0, 0.1) is 0 Å². The Bertz CT molecular complexity index is 97.4. The van der Waals surface area contributed by atoms with Crippen LogP contribution >= 0.6 is 0 Å². The fraction of sp³-hybridized carbons (Fsp3) is 1.00. The molecule has 0 aromatic heterocycles. The van der Waals surface area contributed by atoms with Crippen molar-refractivity contribution in [3.05, 3.63) is 0 Å². The third kappa shape index (κ3) is 8.14. The van der Waals surface area contributed by atoms with Crippen LogP contribution in [0.4, 0.5) is 0 Å². The number of nitrogens with one attached hydrogen (secondary N) is 1. The predicted octanol–water partition coefficient (Wildman–Crippen LogP) is -2.18. The lowest BCUT2D eigenvalue weighted by Gasteiger charge is -2.20. The zero-order valence-corrected chi connectivity index (χ0v) is 8.08. The fourth-order valence-electron chi connectivity index (χ4n) is 1.10. The molecule has 0 aromatic carbocycles. The van der Waals surface area contributed by atoms with Crippen LogP contribution in [-0.2, 0) is 0 Å². The van der Waals surface area contributed by atoms with Gasteiger partial charge >= 0.3 is 0 Å². The standard InChI is InChI=1S/C8H21N3O2/c9-1-4-11(6-8-13)5-2-10-3-7-12/h10,12-13H,1-9H2. The molecule has 5 nitrogen and oxygen atoms in total. The third-order valence-electron chi connectivity index (χ3n) is 1.75. The molecule has 0 saturated carbocycles. The number of hydrogen-bond donors (Lipinski definition) is 4. The van der Waals surface area contributed by atoms with Gasteiger partial charge in [-0.05, 0) is 0 Å². The minimum atomic E-state index is 0.164. The molecule has 0 bridgehead atoms. The van der Waals surface area contributed by atoms with E-state index < -0.39 is 0 Å². The van der Waals surface area contributed by atoms with Crippen LogP contribution in [0.5, 0.6) is 0 Å². The lowest BCUT2D eigenvalue weighted by Crippen LogP contribution is -2.37. The van der Waals surface area contributed by atoms with Gasteiger partial charge < -0.3 is 21.3 Å². The molecule has 0 aromatic rings. The van der Waals surface area contributed by atoms with E-state index in [4.69, 9.17) is 15.9 Å². The van der Waals surface area contributed by atoms with Crippen molar-refractivity contribution in [3.63, 3.8) is 0 Å². The van der Waals surface area contributed by atoms with Crippen molar-refractivity contribution in [2.45, 2.75) is 0 Å². The molecular formula is C8H21N3O2. The van der Waals surface area contributed by atoms with Crippen LogP contribution in [0.1, 0.15) is 0 Å². The van der Waals surface area contributed by atoms with E-state index in [2.05, 4.69) is 10.2 Å². The summed E-state index contributed by atoms with van der Waals surface area (Å²) in [6.45, 7) is 4.71. The van der Waals surface area contributed by atoms with Gasteiger partial charge in [-0.1, -0.05) is 0 Å². The summed E-state index contributed by atoms with van der Waals surface area (Å²) in [4.78, 5) is 2.09. The van der Waals surface area contributed by atoms with E-state index in [1.54, 1.807) is 0 Å². The number of hydrogen-bond acceptors (Lipinski definition) is 5. The van der Waals surface area contributed by atoms with Gasteiger partial charge in [0, 0.05) is 39.3 Å². The molecule has 0 aliphatic rings.